The van der Waals surface area contributed by atoms with Gasteiger partial charge in [-0.2, -0.15) is 0 Å². The molecule has 0 heterocycles. The van der Waals surface area contributed by atoms with Crippen LogP contribution in [0.3, 0.4) is 0 Å². The fourth-order valence-electron chi connectivity index (χ4n) is 0.765. The minimum Gasteiger partial charge on any atom is -0.298 e. The Hall–Kier alpha value is -1.42. The van der Waals surface area contributed by atoms with E-state index in [9.17, 15) is 4.79 Å². The van der Waals surface area contributed by atoms with Gasteiger partial charge < -0.3 is 0 Å². The van der Waals surface area contributed by atoms with Gasteiger partial charge in [0, 0.05) is 5.56 Å². The normalized spacial score (nSPS) is 9.00. The van der Waals surface area contributed by atoms with Crippen molar-refractivity contribution in [3.05, 3.63) is 35.9 Å². The zero-order valence-corrected chi connectivity index (χ0v) is 7.02. The van der Waals surface area contributed by atoms with Gasteiger partial charge in [0.1, 0.15) is 0 Å². The maximum Gasteiger partial charge on any atom is 0.257 e. The average Bonchev–Trinajstić information content (AvgIpc) is 2.05. The Morgan fingerprint density at radius 1 is 1.33 bits per heavy atom. The Labute approximate surface area is 75.6 Å². The summed E-state index contributed by atoms with van der Waals surface area (Å²) in [5.74, 6) is -0.337. The van der Waals surface area contributed by atoms with Gasteiger partial charge in [0.05, 0.1) is 0 Å². The molecule has 1 radical (unpaired) electrons. The Balaban J connectivity index is 2.73. The highest BCUT2D eigenvalue weighted by molar-refractivity contribution is 7.80. The standard InChI is InChI=1S/C8H7N2OS/c9-8(12)10-7(11)6-4-2-1-3-5-6/h1-5,9H,(H,10,11,12). The van der Waals surface area contributed by atoms with E-state index < -0.39 is 0 Å². The molecule has 0 saturated carbocycles. The van der Waals surface area contributed by atoms with Crippen LogP contribution >= 0.6 is 12.2 Å². The van der Waals surface area contributed by atoms with Crippen molar-refractivity contribution in [3.8, 4) is 0 Å². The molecular weight excluding hydrogens is 172 g/mol. The second kappa shape index (κ2) is 3.82. The van der Waals surface area contributed by atoms with E-state index in [0.717, 1.165) is 0 Å². The Morgan fingerprint density at radius 2 is 1.92 bits per heavy atom. The van der Waals surface area contributed by atoms with E-state index in [-0.39, 0.29) is 11.0 Å². The van der Waals surface area contributed by atoms with Gasteiger partial charge in [-0.15, -0.1) is 0 Å². The molecule has 2 N–H and O–H groups in total. The Bertz CT molecular complexity index is 297. The monoisotopic (exact) mass is 179 g/mol. The van der Waals surface area contributed by atoms with Crippen molar-refractivity contribution in [2.45, 2.75) is 0 Å². The van der Waals surface area contributed by atoms with Crippen LogP contribution in [-0.2, 0) is 0 Å². The number of nitrogens with one attached hydrogen (secondary N) is 2. The maximum atomic E-state index is 11.1. The first-order valence-corrected chi connectivity index (χ1v) is 3.73. The minimum atomic E-state index is -0.337. The van der Waals surface area contributed by atoms with E-state index in [1.807, 2.05) is 6.07 Å². The van der Waals surface area contributed by atoms with E-state index in [1.165, 1.54) is 0 Å². The maximum absolute atomic E-state index is 11.1. The van der Waals surface area contributed by atoms with Crippen molar-refractivity contribution in [3.63, 3.8) is 0 Å². The van der Waals surface area contributed by atoms with Crippen LogP contribution in [0.25, 0.3) is 0 Å². The lowest BCUT2D eigenvalue weighted by molar-refractivity contribution is 0.0977. The molecule has 12 heavy (non-hydrogen) atoms. The second-order valence-corrected chi connectivity index (χ2v) is 2.56. The summed E-state index contributed by atoms with van der Waals surface area (Å²) < 4.78 is 0. The molecule has 61 valence electrons. The predicted molar refractivity (Wildman–Crippen MR) is 49.6 cm³/mol. The smallest absolute Gasteiger partial charge is 0.257 e. The lowest BCUT2D eigenvalue weighted by Crippen LogP contribution is -2.29. The number of carbonyl (C=O) groups excluding carboxylic acids is 1. The molecule has 1 rings (SSSR count). The van der Waals surface area contributed by atoms with Crippen molar-refractivity contribution in [2.75, 3.05) is 0 Å². The topological polar surface area (TPSA) is 52.9 Å². The quantitative estimate of drug-likeness (QED) is 0.653. The number of carbonyl (C=O) groups is 1. The van der Waals surface area contributed by atoms with Gasteiger partial charge in [-0.25, -0.2) is 0 Å². The van der Waals surface area contributed by atoms with Gasteiger partial charge in [-0.3, -0.25) is 15.8 Å². The van der Waals surface area contributed by atoms with E-state index in [0.29, 0.717) is 5.56 Å². The van der Waals surface area contributed by atoms with Gasteiger partial charge >= 0.3 is 0 Å². The fourth-order valence-corrected chi connectivity index (χ4v) is 0.858. The van der Waals surface area contributed by atoms with Crippen molar-refractivity contribution in [1.82, 2.24) is 11.1 Å². The molecule has 0 saturated heterocycles. The highest BCUT2D eigenvalue weighted by Crippen LogP contribution is 1.96. The Kier molecular flexibility index (Phi) is 2.76. The summed E-state index contributed by atoms with van der Waals surface area (Å²) in [5, 5.41) is 1.96. The molecule has 0 bridgehead atoms. The van der Waals surface area contributed by atoms with E-state index in [2.05, 4.69) is 17.5 Å². The van der Waals surface area contributed by atoms with Crippen LogP contribution in [0.5, 0.6) is 0 Å². The third-order valence-corrected chi connectivity index (χ3v) is 1.37. The van der Waals surface area contributed by atoms with Gasteiger partial charge in [0.2, 0.25) is 0 Å². The van der Waals surface area contributed by atoms with Gasteiger partial charge in [-0.1, -0.05) is 18.2 Å². The summed E-state index contributed by atoms with van der Waals surface area (Å²) in [5.41, 5.74) is 7.36. The lowest BCUT2D eigenvalue weighted by Gasteiger charge is -1.99. The third-order valence-electron chi connectivity index (χ3n) is 1.26. The summed E-state index contributed by atoms with van der Waals surface area (Å²) in [4.78, 5) is 11.1. The number of hydrogen-bond donors (Lipinski definition) is 1. The molecule has 1 amide bonds. The van der Waals surface area contributed by atoms with Crippen LogP contribution in [0.2, 0.25) is 0 Å². The summed E-state index contributed by atoms with van der Waals surface area (Å²) in [6, 6.07) is 8.64. The van der Waals surface area contributed by atoms with Crippen LogP contribution in [0.1, 0.15) is 10.4 Å². The molecule has 1 aromatic rings. The minimum absolute atomic E-state index is 0.260. The van der Waals surface area contributed by atoms with Crippen LogP contribution < -0.4 is 11.1 Å². The van der Waals surface area contributed by atoms with Crippen LogP contribution in [0.15, 0.2) is 30.3 Å². The highest BCUT2D eigenvalue weighted by Gasteiger charge is 2.03. The lowest BCUT2D eigenvalue weighted by atomic mass is 10.2. The van der Waals surface area contributed by atoms with Crippen molar-refractivity contribution in [2.24, 2.45) is 0 Å². The number of thiocarbonyl (C=S) groups is 1. The highest BCUT2D eigenvalue weighted by atomic mass is 32.1. The van der Waals surface area contributed by atoms with Crippen LogP contribution in [0, 0.1) is 0 Å². The van der Waals surface area contributed by atoms with Crippen LogP contribution in [-0.4, -0.2) is 11.0 Å². The first kappa shape index (κ1) is 8.67. The van der Waals surface area contributed by atoms with Gasteiger partial charge in [-0.05, 0) is 24.4 Å². The molecule has 0 spiro atoms. The first-order valence-electron chi connectivity index (χ1n) is 3.32. The summed E-state index contributed by atoms with van der Waals surface area (Å²) in [6.45, 7) is 0. The summed E-state index contributed by atoms with van der Waals surface area (Å²) >= 11 is 4.41. The molecule has 3 nitrogen and oxygen atoms in total. The molecule has 0 aliphatic carbocycles. The molecule has 1 aromatic carbocycles. The largest absolute Gasteiger partial charge is 0.298 e. The zero-order chi connectivity index (χ0) is 8.97. The first-order chi connectivity index (χ1) is 5.70. The van der Waals surface area contributed by atoms with E-state index in [4.69, 9.17) is 5.73 Å². The molecule has 0 aliphatic rings. The predicted octanol–water partition coefficient (Wildman–Crippen LogP) is 0.984. The van der Waals surface area contributed by atoms with Crippen molar-refractivity contribution >= 4 is 23.2 Å². The SMILES string of the molecule is [NH]C(=S)NC(=O)c1ccccc1. The molecule has 0 aromatic heterocycles. The molecule has 4 heteroatoms. The third kappa shape index (κ3) is 2.32. The zero-order valence-electron chi connectivity index (χ0n) is 6.20. The second-order valence-electron chi connectivity index (χ2n) is 2.15. The van der Waals surface area contributed by atoms with Gasteiger partial charge in [0.25, 0.3) is 5.91 Å². The number of rotatable bonds is 1. The molecule has 0 aliphatic heterocycles. The van der Waals surface area contributed by atoms with Crippen molar-refractivity contribution in [1.29, 1.82) is 0 Å². The van der Waals surface area contributed by atoms with E-state index in [1.54, 1.807) is 24.3 Å². The Morgan fingerprint density at radius 3 is 2.42 bits per heavy atom. The average molecular weight is 179 g/mol. The molecule has 0 unspecified atom stereocenters. The fraction of sp³-hybridized carbons (Fsp3) is 0. The molecular formula is C8H7N2OS. The van der Waals surface area contributed by atoms with Crippen molar-refractivity contribution < 1.29 is 4.79 Å². The molecule has 0 fully saturated rings. The molecule has 0 atom stereocenters. The number of amides is 1. The summed E-state index contributed by atoms with van der Waals surface area (Å²) in [6.07, 6.45) is 0. The number of benzene rings is 1. The summed E-state index contributed by atoms with van der Waals surface area (Å²) in [7, 11) is 0. The van der Waals surface area contributed by atoms with E-state index >= 15 is 0 Å². The van der Waals surface area contributed by atoms with Crippen LogP contribution in [0.4, 0.5) is 0 Å². The number of hydrogen-bond acceptors (Lipinski definition) is 2. The van der Waals surface area contributed by atoms with Gasteiger partial charge in [0.15, 0.2) is 5.11 Å².